The van der Waals surface area contributed by atoms with Crippen LogP contribution in [0, 0.1) is 0 Å². The van der Waals surface area contributed by atoms with E-state index in [2.05, 4.69) is 25.2 Å². The normalized spacial score (nSPS) is 14.5. The maximum Gasteiger partial charge on any atom is 0.245 e. The van der Waals surface area contributed by atoms with Crippen molar-refractivity contribution in [1.82, 2.24) is 19.9 Å². The lowest BCUT2D eigenvalue weighted by atomic mass is 10.2. The summed E-state index contributed by atoms with van der Waals surface area (Å²) < 4.78 is 6.83. The number of hydrogen-bond donors (Lipinski definition) is 1. The molecule has 29 heavy (non-hydrogen) atoms. The first kappa shape index (κ1) is 19.6. The molecule has 1 N–H and O–H groups in total. The molecule has 3 aromatic rings. The van der Waals surface area contributed by atoms with E-state index in [0.29, 0.717) is 5.95 Å². The van der Waals surface area contributed by atoms with Gasteiger partial charge in [0.25, 0.3) is 0 Å². The summed E-state index contributed by atoms with van der Waals surface area (Å²) in [7, 11) is 0. The van der Waals surface area contributed by atoms with Gasteiger partial charge < -0.3 is 10.1 Å². The summed E-state index contributed by atoms with van der Waals surface area (Å²) in [5, 5.41) is 3.39. The van der Waals surface area contributed by atoms with Crippen molar-refractivity contribution >= 4 is 29.2 Å². The van der Waals surface area contributed by atoms with Gasteiger partial charge in [0.15, 0.2) is 0 Å². The van der Waals surface area contributed by atoms with Crippen LogP contribution in [-0.4, -0.2) is 59.2 Å². The van der Waals surface area contributed by atoms with Crippen molar-refractivity contribution in [2.45, 2.75) is 0 Å². The molecule has 0 atom stereocenters. The average Bonchev–Trinajstić information content (AvgIpc) is 2.80. The van der Waals surface area contributed by atoms with Crippen LogP contribution in [0.3, 0.4) is 0 Å². The second-order valence-corrected chi connectivity index (χ2v) is 7.01. The van der Waals surface area contributed by atoms with E-state index < -0.39 is 0 Å². The van der Waals surface area contributed by atoms with Gasteiger partial charge in [0.2, 0.25) is 5.95 Å². The van der Waals surface area contributed by atoms with Gasteiger partial charge in [-0.1, -0.05) is 18.2 Å². The molecule has 7 nitrogen and oxygen atoms in total. The largest absolute Gasteiger partial charge is 0.379 e. The number of ether oxygens (including phenoxy) is 1. The number of nitrogens with one attached hydrogen (secondary N) is 1. The minimum atomic E-state index is 0.425. The molecule has 2 aromatic heterocycles. The molecule has 0 aliphatic carbocycles. The van der Waals surface area contributed by atoms with E-state index in [9.17, 15) is 0 Å². The summed E-state index contributed by atoms with van der Waals surface area (Å²) in [6.07, 6.45) is 3.49. The van der Waals surface area contributed by atoms with E-state index >= 15 is 0 Å². The second-order valence-electron chi connectivity index (χ2n) is 6.67. The van der Waals surface area contributed by atoms with Gasteiger partial charge >= 0.3 is 0 Å². The monoisotopic (exact) mass is 410 g/mol. The van der Waals surface area contributed by atoms with Crippen molar-refractivity contribution in [2.75, 3.05) is 49.1 Å². The Labute approximate surface area is 175 Å². The molecule has 1 aliphatic heterocycles. The van der Waals surface area contributed by atoms with Crippen LogP contribution in [0.4, 0.5) is 17.5 Å². The fourth-order valence-electron chi connectivity index (χ4n) is 3.13. The number of aromatic nitrogens is 3. The summed E-state index contributed by atoms with van der Waals surface area (Å²) in [5.74, 6) is 1.25. The standard InChI is InChI=1S/C21H23ClN6O/c22-28(18-4-2-1-3-5-18)21-25-9-7-19(26-21)17-6-8-23-20(16-17)24-10-11-27-12-14-29-15-13-27/h1-9,16H,10-15H2,(H,23,24). The SMILES string of the molecule is ClN(c1ccccc1)c1nccc(-c2ccnc(NCCN3CCOCC3)c2)n1. The van der Waals surface area contributed by atoms with Crippen LogP contribution in [0.15, 0.2) is 60.9 Å². The van der Waals surface area contributed by atoms with Crippen molar-refractivity contribution < 1.29 is 4.74 Å². The van der Waals surface area contributed by atoms with Crippen molar-refractivity contribution in [2.24, 2.45) is 0 Å². The van der Waals surface area contributed by atoms with Crippen LogP contribution in [0.5, 0.6) is 0 Å². The molecule has 8 heteroatoms. The molecule has 0 unspecified atom stereocenters. The summed E-state index contributed by atoms with van der Waals surface area (Å²) >= 11 is 6.43. The highest BCUT2D eigenvalue weighted by atomic mass is 35.5. The number of anilines is 3. The Kier molecular flexibility index (Phi) is 6.51. The van der Waals surface area contributed by atoms with Gasteiger partial charge in [0.1, 0.15) is 5.82 Å². The summed E-state index contributed by atoms with van der Waals surface area (Å²) in [4.78, 5) is 15.7. The molecule has 0 bridgehead atoms. The predicted molar refractivity (Wildman–Crippen MR) is 115 cm³/mol. The molecule has 0 spiro atoms. The Bertz CT molecular complexity index is 920. The highest BCUT2D eigenvalue weighted by molar-refractivity contribution is 6.28. The molecule has 0 amide bonds. The van der Waals surface area contributed by atoms with Crippen molar-refractivity contribution in [3.8, 4) is 11.3 Å². The van der Waals surface area contributed by atoms with Gasteiger partial charge in [-0.3, -0.25) is 4.90 Å². The zero-order chi connectivity index (χ0) is 19.9. The Hall–Kier alpha value is -2.74. The zero-order valence-corrected chi connectivity index (χ0v) is 16.8. The minimum absolute atomic E-state index is 0.425. The topological polar surface area (TPSA) is 66.4 Å². The Morgan fingerprint density at radius 2 is 1.83 bits per heavy atom. The summed E-state index contributed by atoms with van der Waals surface area (Å²) in [6, 6.07) is 15.4. The van der Waals surface area contributed by atoms with Crippen molar-refractivity contribution in [3.63, 3.8) is 0 Å². The van der Waals surface area contributed by atoms with Gasteiger partial charge in [-0.2, -0.15) is 0 Å². The number of hydrogen-bond acceptors (Lipinski definition) is 7. The molecule has 1 fully saturated rings. The van der Waals surface area contributed by atoms with E-state index in [1.54, 1.807) is 12.4 Å². The average molecular weight is 411 g/mol. The third-order valence-corrected chi connectivity index (χ3v) is 5.04. The van der Waals surface area contributed by atoms with Crippen molar-refractivity contribution in [1.29, 1.82) is 0 Å². The number of para-hydroxylation sites is 1. The maximum absolute atomic E-state index is 6.43. The fraction of sp³-hybridized carbons (Fsp3) is 0.286. The zero-order valence-electron chi connectivity index (χ0n) is 16.0. The summed E-state index contributed by atoms with van der Waals surface area (Å²) in [6.45, 7) is 5.37. The highest BCUT2D eigenvalue weighted by Gasteiger charge is 2.12. The van der Waals surface area contributed by atoms with Crippen LogP contribution in [0.2, 0.25) is 0 Å². The maximum atomic E-state index is 6.43. The van der Waals surface area contributed by atoms with Gasteiger partial charge in [0, 0.05) is 55.9 Å². The Balaban J connectivity index is 1.44. The molecular formula is C21H23ClN6O. The van der Waals surface area contributed by atoms with Crippen LogP contribution < -0.4 is 9.74 Å². The molecule has 1 aromatic carbocycles. The third-order valence-electron chi connectivity index (χ3n) is 4.69. The van der Waals surface area contributed by atoms with E-state index in [1.807, 2.05) is 48.5 Å². The first-order valence-electron chi connectivity index (χ1n) is 9.64. The van der Waals surface area contributed by atoms with E-state index in [1.165, 1.54) is 4.42 Å². The lowest BCUT2D eigenvalue weighted by Crippen LogP contribution is -2.39. The molecule has 1 aliphatic rings. The minimum Gasteiger partial charge on any atom is -0.379 e. The fourth-order valence-corrected chi connectivity index (χ4v) is 3.33. The summed E-state index contributed by atoms with van der Waals surface area (Å²) in [5.41, 5.74) is 2.55. The molecular weight excluding hydrogens is 388 g/mol. The number of rotatable bonds is 7. The van der Waals surface area contributed by atoms with Crippen LogP contribution in [0.25, 0.3) is 11.3 Å². The number of benzene rings is 1. The molecule has 0 saturated carbocycles. The predicted octanol–water partition coefficient (Wildman–Crippen LogP) is 3.57. The molecule has 0 radical (unpaired) electrons. The van der Waals surface area contributed by atoms with Gasteiger partial charge in [-0.15, -0.1) is 0 Å². The van der Waals surface area contributed by atoms with Crippen LogP contribution >= 0.6 is 11.8 Å². The lowest BCUT2D eigenvalue weighted by molar-refractivity contribution is 0.0398. The van der Waals surface area contributed by atoms with Gasteiger partial charge in [0.05, 0.1) is 24.6 Å². The van der Waals surface area contributed by atoms with E-state index in [4.69, 9.17) is 16.5 Å². The van der Waals surface area contributed by atoms with Gasteiger partial charge in [-0.25, -0.2) is 19.4 Å². The Morgan fingerprint density at radius 1 is 1.03 bits per heavy atom. The Morgan fingerprint density at radius 3 is 2.66 bits per heavy atom. The van der Waals surface area contributed by atoms with Crippen molar-refractivity contribution in [3.05, 3.63) is 60.9 Å². The van der Waals surface area contributed by atoms with Crippen LogP contribution in [-0.2, 0) is 4.74 Å². The molecule has 1 saturated heterocycles. The van der Waals surface area contributed by atoms with E-state index in [0.717, 1.165) is 62.2 Å². The lowest BCUT2D eigenvalue weighted by Gasteiger charge is -2.26. The highest BCUT2D eigenvalue weighted by Crippen LogP contribution is 2.26. The quantitative estimate of drug-likeness (QED) is 0.597. The number of halogens is 1. The molecule has 4 rings (SSSR count). The number of pyridine rings is 1. The third kappa shape index (κ3) is 5.20. The first-order valence-corrected chi connectivity index (χ1v) is 9.98. The molecule has 3 heterocycles. The first-order chi connectivity index (χ1) is 14.3. The van der Waals surface area contributed by atoms with E-state index in [-0.39, 0.29) is 0 Å². The van der Waals surface area contributed by atoms with Crippen LogP contribution in [0.1, 0.15) is 0 Å². The molecule has 150 valence electrons. The second kappa shape index (κ2) is 9.65. The number of nitrogens with zero attached hydrogens (tertiary/aromatic N) is 5. The number of morpholine rings is 1. The smallest absolute Gasteiger partial charge is 0.245 e. The van der Waals surface area contributed by atoms with Gasteiger partial charge in [-0.05, 0) is 30.3 Å².